The van der Waals surface area contributed by atoms with Gasteiger partial charge in [0.15, 0.2) is 5.96 Å². The molecule has 1 aliphatic heterocycles. The summed E-state index contributed by atoms with van der Waals surface area (Å²) in [7, 11) is 0. The molecule has 1 fully saturated rings. The third kappa shape index (κ3) is 12.0. The zero-order valence-corrected chi connectivity index (χ0v) is 22.1. The Morgan fingerprint density at radius 1 is 1.06 bits per heavy atom. The average Bonchev–Trinajstić information content (AvgIpc) is 2.78. The number of nitrogens with zero attached hydrogens (tertiary/aromatic N) is 2. The molecule has 32 heavy (non-hydrogen) atoms. The van der Waals surface area contributed by atoms with Crippen LogP contribution in [0, 0.1) is 0 Å². The van der Waals surface area contributed by atoms with E-state index in [4.69, 9.17) is 14.5 Å². The van der Waals surface area contributed by atoms with Gasteiger partial charge in [-0.1, -0.05) is 37.1 Å². The third-order valence-electron chi connectivity index (χ3n) is 5.27. The molecule has 1 aromatic carbocycles. The molecule has 0 saturated carbocycles. The maximum atomic E-state index is 11.4. The van der Waals surface area contributed by atoms with Crippen molar-refractivity contribution in [2.24, 2.45) is 4.99 Å². The van der Waals surface area contributed by atoms with E-state index in [2.05, 4.69) is 46.7 Å². The van der Waals surface area contributed by atoms with Crippen molar-refractivity contribution < 1.29 is 14.3 Å². The van der Waals surface area contributed by atoms with Gasteiger partial charge in [-0.3, -0.25) is 9.69 Å². The summed E-state index contributed by atoms with van der Waals surface area (Å²) in [6, 6.07) is 8.57. The second-order valence-corrected chi connectivity index (χ2v) is 7.75. The number of unbranched alkanes of at least 4 members (excludes halogenated alkanes) is 3. The first-order valence-corrected chi connectivity index (χ1v) is 11.8. The van der Waals surface area contributed by atoms with Crippen molar-refractivity contribution in [2.75, 3.05) is 46.0 Å². The molecule has 0 unspecified atom stereocenters. The lowest BCUT2D eigenvalue weighted by Gasteiger charge is -2.27. The second kappa shape index (κ2) is 18.1. The Bertz CT molecular complexity index is 666. The number of rotatable bonds is 13. The van der Waals surface area contributed by atoms with Crippen LogP contribution in [0.2, 0.25) is 0 Å². The number of nitrogens with one attached hydrogen (secondary N) is 2. The van der Waals surface area contributed by atoms with Gasteiger partial charge in [-0.05, 0) is 37.8 Å². The molecule has 8 heteroatoms. The lowest BCUT2D eigenvalue weighted by molar-refractivity contribution is -0.143. The number of hydrogen-bond acceptors (Lipinski definition) is 5. The van der Waals surface area contributed by atoms with Gasteiger partial charge in [0.05, 0.1) is 26.4 Å². The molecule has 1 heterocycles. The minimum atomic E-state index is -0.0870. The summed E-state index contributed by atoms with van der Waals surface area (Å²) in [4.78, 5) is 18.6. The number of hydrogen-bond donors (Lipinski definition) is 2. The number of ether oxygens (including phenoxy) is 2. The average molecular weight is 561 g/mol. The van der Waals surface area contributed by atoms with Crippen molar-refractivity contribution in [3.05, 3.63) is 35.4 Å². The van der Waals surface area contributed by atoms with Gasteiger partial charge >= 0.3 is 5.97 Å². The fourth-order valence-electron chi connectivity index (χ4n) is 3.56. The van der Waals surface area contributed by atoms with Crippen LogP contribution in [0.5, 0.6) is 0 Å². The predicted octanol–water partition coefficient (Wildman–Crippen LogP) is 3.71. The Balaban J connectivity index is 0.00000512. The molecule has 2 N–H and O–H groups in total. The minimum Gasteiger partial charge on any atom is -0.466 e. The topological polar surface area (TPSA) is 75.2 Å². The molecular formula is C24H41IN4O3. The molecule has 2 rings (SSSR count). The highest BCUT2D eigenvalue weighted by atomic mass is 127. The molecule has 0 atom stereocenters. The zero-order valence-electron chi connectivity index (χ0n) is 19.7. The molecule has 1 aliphatic rings. The highest BCUT2D eigenvalue weighted by molar-refractivity contribution is 14.0. The van der Waals surface area contributed by atoms with Gasteiger partial charge in [-0.2, -0.15) is 0 Å². The molecule has 1 aromatic rings. The largest absolute Gasteiger partial charge is 0.466 e. The number of carbonyl (C=O) groups is 1. The fourth-order valence-corrected chi connectivity index (χ4v) is 3.56. The first-order chi connectivity index (χ1) is 15.2. The van der Waals surface area contributed by atoms with Crippen LogP contribution in [-0.2, 0) is 27.4 Å². The molecule has 182 valence electrons. The van der Waals surface area contributed by atoms with Crippen LogP contribution < -0.4 is 10.6 Å². The SMILES string of the molecule is CCNC(=NCc1ccccc1CN1CCOCC1)NCCCCCCC(=O)OCC.I. The van der Waals surface area contributed by atoms with Crippen molar-refractivity contribution in [2.45, 2.75) is 59.0 Å². The molecule has 0 spiro atoms. The number of morpholine rings is 1. The Kier molecular flexibility index (Phi) is 16.2. The molecule has 0 aromatic heterocycles. The van der Waals surface area contributed by atoms with Crippen molar-refractivity contribution in [1.29, 1.82) is 0 Å². The van der Waals surface area contributed by atoms with Gasteiger partial charge in [0.1, 0.15) is 0 Å². The standard InChI is InChI=1S/C24H40N4O3.HI/c1-3-25-24(26-14-10-6-5-7-13-23(29)31-4-2)27-19-21-11-8-9-12-22(21)20-28-15-17-30-18-16-28;/h8-9,11-12H,3-7,10,13-20H2,1-2H3,(H2,25,26,27);1H. The smallest absolute Gasteiger partial charge is 0.305 e. The molecule has 0 radical (unpaired) electrons. The van der Waals surface area contributed by atoms with Crippen LogP contribution in [-0.4, -0.2) is 62.8 Å². The molecular weight excluding hydrogens is 519 g/mol. The Morgan fingerprint density at radius 3 is 2.50 bits per heavy atom. The van der Waals surface area contributed by atoms with E-state index < -0.39 is 0 Å². The number of aliphatic imine (C=N–C) groups is 1. The maximum Gasteiger partial charge on any atom is 0.305 e. The monoisotopic (exact) mass is 560 g/mol. The molecule has 7 nitrogen and oxygen atoms in total. The summed E-state index contributed by atoms with van der Waals surface area (Å²) in [5, 5.41) is 6.77. The summed E-state index contributed by atoms with van der Waals surface area (Å²) in [5.41, 5.74) is 2.61. The minimum absolute atomic E-state index is 0. The number of carbonyl (C=O) groups excluding carboxylic acids is 1. The van der Waals surface area contributed by atoms with Crippen molar-refractivity contribution in [3.8, 4) is 0 Å². The van der Waals surface area contributed by atoms with Crippen LogP contribution >= 0.6 is 24.0 Å². The number of esters is 1. The fraction of sp³-hybridized carbons (Fsp3) is 0.667. The molecule has 0 amide bonds. The zero-order chi connectivity index (χ0) is 22.2. The number of halogens is 1. The summed E-state index contributed by atoms with van der Waals surface area (Å²) in [6.45, 7) is 11.3. The van der Waals surface area contributed by atoms with E-state index in [-0.39, 0.29) is 29.9 Å². The highest BCUT2D eigenvalue weighted by Gasteiger charge is 2.12. The van der Waals surface area contributed by atoms with Crippen LogP contribution in [0.1, 0.15) is 57.1 Å². The Morgan fingerprint density at radius 2 is 1.78 bits per heavy atom. The first-order valence-electron chi connectivity index (χ1n) is 11.8. The van der Waals surface area contributed by atoms with E-state index in [1.54, 1.807) is 0 Å². The van der Waals surface area contributed by atoms with Crippen LogP contribution in [0.15, 0.2) is 29.3 Å². The van der Waals surface area contributed by atoms with Crippen LogP contribution in [0.4, 0.5) is 0 Å². The van der Waals surface area contributed by atoms with Gasteiger partial charge in [-0.25, -0.2) is 4.99 Å². The van der Waals surface area contributed by atoms with Gasteiger partial charge in [0.2, 0.25) is 0 Å². The van der Waals surface area contributed by atoms with E-state index >= 15 is 0 Å². The lowest BCUT2D eigenvalue weighted by atomic mass is 10.1. The quantitative estimate of drug-likeness (QED) is 0.126. The molecule has 1 saturated heterocycles. The summed E-state index contributed by atoms with van der Waals surface area (Å²) >= 11 is 0. The van der Waals surface area contributed by atoms with Crippen molar-refractivity contribution in [3.63, 3.8) is 0 Å². The summed E-state index contributed by atoms with van der Waals surface area (Å²) < 4.78 is 10.4. The summed E-state index contributed by atoms with van der Waals surface area (Å²) in [5.74, 6) is 0.770. The highest BCUT2D eigenvalue weighted by Crippen LogP contribution is 2.14. The second-order valence-electron chi connectivity index (χ2n) is 7.75. The predicted molar refractivity (Wildman–Crippen MR) is 140 cm³/mol. The number of guanidine groups is 1. The van der Waals surface area contributed by atoms with Gasteiger partial charge in [0, 0.05) is 39.1 Å². The Hall–Kier alpha value is -1.39. The normalized spacial score (nSPS) is 14.5. The van der Waals surface area contributed by atoms with Gasteiger partial charge in [0.25, 0.3) is 0 Å². The van der Waals surface area contributed by atoms with Crippen molar-refractivity contribution >= 4 is 35.9 Å². The lowest BCUT2D eigenvalue weighted by Crippen LogP contribution is -2.37. The Labute approximate surface area is 210 Å². The van der Waals surface area contributed by atoms with Crippen LogP contribution in [0.25, 0.3) is 0 Å². The van der Waals surface area contributed by atoms with E-state index in [0.717, 1.165) is 77.6 Å². The van der Waals surface area contributed by atoms with E-state index in [1.807, 2.05) is 6.92 Å². The maximum absolute atomic E-state index is 11.4. The summed E-state index contributed by atoms with van der Waals surface area (Å²) in [6.07, 6.45) is 4.61. The van der Waals surface area contributed by atoms with Crippen molar-refractivity contribution in [1.82, 2.24) is 15.5 Å². The van der Waals surface area contributed by atoms with Gasteiger partial charge < -0.3 is 20.1 Å². The van der Waals surface area contributed by atoms with E-state index in [1.165, 1.54) is 11.1 Å². The van der Waals surface area contributed by atoms with Crippen LogP contribution in [0.3, 0.4) is 0 Å². The molecule has 0 bridgehead atoms. The first kappa shape index (κ1) is 28.6. The molecule has 0 aliphatic carbocycles. The van der Waals surface area contributed by atoms with E-state index in [9.17, 15) is 4.79 Å². The number of benzene rings is 1. The van der Waals surface area contributed by atoms with E-state index in [0.29, 0.717) is 19.6 Å². The van der Waals surface area contributed by atoms with Gasteiger partial charge in [-0.15, -0.1) is 24.0 Å². The third-order valence-corrected chi connectivity index (χ3v) is 5.27.